The number of rotatable bonds is 3. The van der Waals surface area contributed by atoms with E-state index in [-0.39, 0.29) is 23.9 Å². The van der Waals surface area contributed by atoms with Crippen LogP contribution in [0.4, 0.5) is 0 Å². The van der Waals surface area contributed by atoms with E-state index in [1.165, 1.54) is 6.20 Å². The van der Waals surface area contributed by atoms with Crippen molar-refractivity contribution in [1.29, 1.82) is 0 Å². The Morgan fingerprint density at radius 1 is 1.20 bits per heavy atom. The SMILES string of the molecule is O=C(Cn1ncc(=O)c2ccccc21)N1CCCC(n2cccn2)C1. The van der Waals surface area contributed by atoms with Crippen LogP contribution in [0, 0.1) is 0 Å². The van der Waals surface area contributed by atoms with E-state index in [2.05, 4.69) is 10.2 Å². The molecule has 128 valence electrons. The maximum atomic E-state index is 12.8. The molecule has 1 aliphatic rings. The lowest BCUT2D eigenvalue weighted by Crippen LogP contribution is -2.42. The highest BCUT2D eigenvalue weighted by Gasteiger charge is 2.25. The number of aromatic nitrogens is 4. The Morgan fingerprint density at radius 3 is 2.92 bits per heavy atom. The smallest absolute Gasteiger partial charge is 0.244 e. The molecule has 25 heavy (non-hydrogen) atoms. The van der Waals surface area contributed by atoms with Gasteiger partial charge in [-0.3, -0.25) is 19.0 Å². The van der Waals surface area contributed by atoms with Crippen molar-refractivity contribution in [2.24, 2.45) is 0 Å². The summed E-state index contributed by atoms with van der Waals surface area (Å²) in [5.41, 5.74) is 0.556. The molecule has 1 aromatic carbocycles. The van der Waals surface area contributed by atoms with E-state index in [0.717, 1.165) is 19.4 Å². The maximum absolute atomic E-state index is 12.8. The molecule has 1 amide bonds. The second-order valence-electron chi connectivity index (χ2n) is 6.31. The minimum Gasteiger partial charge on any atom is -0.339 e. The molecule has 0 radical (unpaired) electrons. The molecule has 4 rings (SSSR count). The van der Waals surface area contributed by atoms with Crippen LogP contribution in [0.15, 0.2) is 53.7 Å². The number of fused-ring (bicyclic) bond motifs is 1. The molecule has 0 spiro atoms. The van der Waals surface area contributed by atoms with Gasteiger partial charge in [-0.1, -0.05) is 12.1 Å². The van der Waals surface area contributed by atoms with Crippen LogP contribution in [0.25, 0.3) is 10.9 Å². The molecule has 3 aromatic rings. The van der Waals surface area contributed by atoms with Crippen LogP contribution < -0.4 is 5.43 Å². The fourth-order valence-corrected chi connectivity index (χ4v) is 3.41. The molecule has 2 aromatic heterocycles. The number of carbonyl (C=O) groups is 1. The number of nitrogens with zero attached hydrogens (tertiary/aromatic N) is 5. The first-order valence-corrected chi connectivity index (χ1v) is 8.44. The van der Waals surface area contributed by atoms with Gasteiger partial charge in [-0.25, -0.2) is 0 Å². The van der Waals surface area contributed by atoms with Gasteiger partial charge in [0.2, 0.25) is 11.3 Å². The topological polar surface area (TPSA) is 73.0 Å². The maximum Gasteiger partial charge on any atom is 0.244 e. The quantitative estimate of drug-likeness (QED) is 0.725. The second-order valence-corrected chi connectivity index (χ2v) is 6.31. The zero-order valence-corrected chi connectivity index (χ0v) is 13.8. The highest BCUT2D eigenvalue weighted by atomic mass is 16.2. The van der Waals surface area contributed by atoms with Gasteiger partial charge in [0.05, 0.1) is 17.8 Å². The summed E-state index contributed by atoms with van der Waals surface area (Å²) in [7, 11) is 0. The Labute approximate surface area is 144 Å². The van der Waals surface area contributed by atoms with E-state index in [1.54, 1.807) is 16.9 Å². The van der Waals surface area contributed by atoms with Crippen molar-refractivity contribution in [1.82, 2.24) is 24.5 Å². The standard InChI is InChI=1S/C18H19N5O2/c24-17-11-20-23(16-7-2-1-6-15(16)17)13-18(25)21-9-3-5-14(12-21)22-10-4-8-19-22/h1-2,4,6-8,10-11,14H,3,5,9,12-13H2. The van der Waals surface area contributed by atoms with Crippen molar-refractivity contribution in [3.05, 3.63) is 59.1 Å². The summed E-state index contributed by atoms with van der Waals surface area (Å²) in [5, 5.41) is 9.03. The fourth-order valence-electron chi connectivity index (χ4n) is 3.41. The number of likely N-dealkylation sites (tertiary alicyclic amines) is 1. The molecule has 1 aliphatic heterocycles. The number of benzene rings is 1. The molecular formula is C18H19N5O2. The summed E-state index contributed by atoms with van der Waals surface area (Å²) in [5.74, 6) is 0.0122. The number of hydrogen-bond donors (Lipinski definition) is 0. The number of amides is 1. The third kappa shape index (κ3) is 3.05. The lowest BCUT2D eigenvalue weighted by atomic mass is 10.1. The highest BCUT2D eigenvalue weighted by Crippen LogP contribution is 2.21. The molecule has 1 unspecified atom stereocenters. The molecule has 0 aliphatic carbocycles. The Hall–Kier alpha value is -2.96. The second kappa shape index (κ2) is 6.51. The lowest BCUT2D eigenvalue weighted by Gasteiger charge is -2.33. The fraction of sp³-hybridized carbons (Fsp3) is 0.333. The first-order chi connectivity index (χ1) is 12.2. The minimum absolute atomic E-state index is 0.0122. The molecule has 7 heteroatoms. The van der Waals surface area contributed by atoms with Crippen LogP contribution in [-0.4, -0.2) is 43.5 Å². The molecule has 1 saturated heterocycles. The van der Waals surface area contributed by atoms with Crippen molar-refractivity contribution in [3.8, 4) is 0 Å². The zero-order valence-electron chi connectivity index (χ0n) is 13.8. The molecule has 0 N–H and O–H groups in total. The first-order valence-electron chi connectivity index (χ1n) is 8.44. The Morgan fingerprint density at radius 2 is 2.08 bits per heavy atom. The van der Waals surface area contributed by atoms with Crippen LogP contribution in [-0.2, 0) is 11.3 Å². The average molecular weight is 337 g/mol. The Balaban J connectivity index is 1.54. The minimum atomic E-state index is -0.129. The van der Waals surface area contributed by atoms with Gasteiger partial charge < -0.3 is 4.90 Å². The van der Waals surface area contributed by atoms with Crippen LogP contribution >= 0.6 is 0 Å². The van der Waals surface area contributed by atoms with Crippen molar-refractivity contribution >= 4 is 16.8 Å². The largest absolute Gasteiger partial charge is 0.339 e. The van der Waals surface area contributed by atoms with E-state index in [9.17, 15) is 9.59 Å². The number of para-hydroxylation sites is 1. The van der Waals surface area contributed by atoms with Gasteiger partial charge in [0.15, 0.2) is 0 Å². The number of piperidine rings is 1. The van der Waals surface area contributed by atoms with Gasteiger partial charge in [0.25, 0.3) is 0 Å². The van der Waals surface area contributed by atoms with Crippen LogP contribution in [0.1, 0.15) is 18.9 Å². The van der Waals surface area contributed by atoms with Crippen molar-refractivity contribution < 1.29 is 4.79 Å². The third-order valence-corrected chi connectivity index (χ3v) is 4.70. The average Bonchev–Trinajstić information content (AvgIpc) is 3.19. The Bertz CT molecular complexity index is 948. The summed E-state index contributed by atoms with van der Waals surface area (Å²) in [6.45, 7) is 1.53. The van der Waals surface area contributed by atoms with Gasteiger partial charge in [0.1, 0.15) is 6.54 Å². The van der Waals surface area contributed by atoms with Crippen LogP contribution in [0.3, 0.4) is 0 Å². The van der Waals surface area contributed by atoms with Crippen LogP contribution in [0.5, 0.6) is 0 Å². The van der Waals surface area contributed by atoms with E-state index in [4.69, 9.17) is 0 Å². The monoisotopic (exact) mass is 337 g/mol. The van der Waals surface area contributed by atoms with Gasteiger partial charge in [-0.15, -0.1) is 0 Å². The lowest BCUT2D eigenvalue weighted by molar-refractivity contribution is -0.133. The summed E-state index contributed by atoms with van der Waals surface area (Å²) in [6.07, 6.45) is 6.95. The van der Waals surface area contributed by atoms with Crippen molar-refractivity contribution in [3.63, 3.8) is 0 Å². The normalized spacial score (nSPS) is 17.8. The van der Waals surface area contributed by atoms with E-state index >= 15 is 0 Å². The summed E-state index contributed by atoms with van der Waals surface area (Å²) in [4.78, 5) is 26.5. The Kier molecular flexibility index (Phi) is 4.05. The summed E-state index contributed by atoms with van der Waals surface area (Å²) < 4.78 is 3.53. The zero-order chi connectivity index (χ0) is 17.2. The van der Waals surface area contributed by atoms with Gasteiger partial charge in [-0.05, 0) is 31.0 Å². The predicted octanol–water partition coefficient (Wildman–Crippen LogP) is 1.46. The first kappa shape index (κ1) is 15.6. The van der Waals surface area contributed by atoms with Crippen molar-refractivity contribution in [2.75, 3.05) is 13.1 Å². The molecule has 1 fully saturated rings. The molecule has 3 heterocycles. The van der Waals surface area contributed by atoms with Gasteiger partial charge in [-0.2, -0.15) is 10.2 Å². The van der Waals surface area contributed by atoms with Crippen molar-refractivity contribution in [2.45, 2.75) is 25.4 Å². The van der Waals surface area contributed by atoms with Gasteiger partial charge in [0, 0.05) is 30.9 Å². The molecular weight excluding hydrogens is 318 g/mol. The van der Waals surface area contributed by atoms with E-state index in [0.29, 0.717) is 17.4 Å². The molecule has 1 atom stereocenters. The summed E-state index contributed by atoms with van der Waals surface area (Å²) >= 11 is 0. The third-order valence-electron chi connectivity index (χ3n) is 4.70. The molecule has 0 saturated carbocycles. The number of hydrogen-bond acceptors (Lipinski definition) is 4. The van der Waals surface area contributed by atoms with E-state index < -0.39 is 0 Å². The number of carbonyl (C=O) groups excluding carboxylic acids is 1. The predicted molar refractivity (Wildman–Crippen MR) is 93.1 cm³/mol. The molecule has 7 nitrogen and oxygen atoms in total. The van der Waals surface area contributed by atoms with Gasteiger partial charge >= 0.3 is 0 Å². The van der Waals surface area contributed by atoms with E-state index in [1.807, 2.05) is 40.0 Å². The van der Waals surface area contributed by atoms with Crippen LogP contribution in [0.2, 0.25) is 0 Å². The molecule has 0 bridgehead atoms. The highest BCUT2D eigenvalue weighted by molar-refractivity contribution is 5.81. The summed E-state index contributed by atoms with van der Waals surface area (Å²) in [6, 6.07) is 9.35.